The Morgan fingerprint density at radius 2 is 2.32 bits per heavy atom. The van der Waals surface area contributed by atoms with Gasteiger partial charge >= 0.3 is 0 Å². The Hall–Kier alpha value is -0.580. The number of hydrogen-bond acceptors (Lipinski definition) is 3. The van der Waals surface area contributed by atoms with E-state index in [2.05, 4.69) is 44.3 Å². The van der Waals surface area contributed by atoms with Gasteiger partial charge in [0.05, 0.1) is 0 Å². The van der Waals surface area contributed by atoms with Crippen LogP contribution in [-0.4, -0.2) is 31.3 Å². The van der Waals surface area contributed by atoms with E-state index in [9.17, 15) is 0 Å². The van der Waals surface area contributed by atoms with Crippen LogP contribution in [0.15, 0.2) is 22.7 Å². The van der Waals surface area contributed by atoms with Crippen molar-refractivity contribution in [3.05, 3.63) is 28.2 Å². The van der Waals surface area contributed by atoms with Gasteiger partial charge in [0.1, 0.15) is 0 Å². The average Bonchev–Trinajstić information content (AvgIpc) is 2.85. The molecule has 1 fully saturated rings. The first-order valence-electron chi connectivity index (χ1n) is 7.06. The van der Waals surface area contributed by atoms with Crippen molar-refractivity contribution in [2.45, 2.75) is 38.3 Å². The normalized spacial score (nSPS) is 19.1. The molecular formula is C15H23BrN2O. The Balaban J connectivity index is 2.19. The summed E-state index contributed by atoms with van der Waals surface area (Å²) < 4.78 is 1.13. The van der Waals surface area contributed by atoms with Gasteiger partial charge in [-0.05, 0) is 56.5 Å². The molecule has 0 amide bonds. The molecule has 1 aliphatic rings. The molecule has 106 valence electrons. The molecule has 0 bridgehead atoms. The molecule has 0 radical (unpaired) electrons. The average molecular weight is 327 g/mol. The maximum absolute atomic E-state index is 9.02. The van der Waals surface area contributed by atoms with Gasteiger partial charge in [-0.2, -0.15) is 0 Å². The highest BCUT2D eigenvalue weighted by molar-refractivity contribution is 9.10. The quantitative estimate of drug-likeness (QED) is 0.843. The number of aliphatic hydroxyl groups is 1. The first-order chi connectivity index (χ1) is 9.26. The maximum atomic E-state index is 9.02. The highest BCUT2D eigenvalue weighted by Gasteiger charge is 2.25. The predicted molar refractivity (Wildman–Crippen MR) is 83.6 cm³/mol. The summed E-state index contributed by atoms with van der Waals surface area (Å²) in [6.45, 7) is 2.32. The van der Waals surface area contributed by atoms with Gasteiger partial charge in [0, 0.05) is 35.9 Å². The van der Waals surface area contributed by atoms with Crippen molar-refractivity contribution in [2.24, 2.45) is 0 Å². The van der Waals surface area contributed by atoms with E-state index in [1.807, 2.05) is 7.05 Å². The molecular weight excluding hydrogens is 304 g/mol. The highest BCUT2D eigenvalue weighted by Crippen LogP contribution is 2.32. The van der Waals surface area contributed by atoms with Crippen LogP contribution < -0.4 is 10.2 Å². The number of halogens is 1. The number of hydrogen-bond donors (Lipinski definition) is 2. The molecule has 1 aromatic carbocycles. The molecule has 1 atom stereocenters. The molecule has 1 heterocycles. The molecule has 19 heavy (non-hydrogen) atoms. The van der Waals surface area contributed by atoms with E-state index in [-0.39, 0.29) is 0 Å². The van der Waals surface area contributed by atoms with Crippen LogP contribution in [0.1, 0.15) is 31.2 Å². The fraction of sp³-hybridized carbons (Fsp3) is 0.600. The van der Waals surface area contributed by atoms with Gasteiger partial charge in [-0.15, -0.1) is 0 Å². The third-order valence-electron chi connectivity index (χ3n) is 3.79. The summed E-state index contributed by atoms with van der Waals surface area (Å²) in [5, 5.41) is 12.3. The molecule has 0 saturated carbocycles. The Morgan fingerprint density at radius 3 is 3.05 bits per heavy atom. The van der Waals surface area contributed by atoms with E-state index in [0.29, 0.717) is 12.6 Å². The third-order valence-corrected chi connectivity index (χ3v) is 4.28. The topological polar surface area (TPSA) is 35.5 Å². The standard InChI is InChI=1S/C15H23BrN2O/c1-17-11-12-10-13(16)6-7-15(12)18-8-2-4-14(18)5-3-9-19/h6-7,10,14,17,19H,2-5,8-9,11H2,1H3. The number of nitrogens with zero attached hydrogens (tertiary/aromatic N) is 1. The summed E-state index contributed by atoms with van der Waals surface area (Å²) in [7, 11) is 1.98. The summed E-state index contributed by atoms with van der Waals surface area (Å²) in [5.41, 5.74) is 2.69. The Labute approximate surface area is 124 Å². The number of aliphatic hydroxyl groups excluding tert-OH is 1. The van der Waals surface area contributed by atoms with Crippen molar-refractivity contribution < 1.29 is 5.11 Å². The molecule has 2 N–H and O–H groups in total. The lowest BCUT2D eigenvalue weighted by Gasteiger charge is -2.29. The fourth-order valence-corrected chi connectivity index (χ4v) is 3.35. The van der Waals surface area contributed by atoms with Crippen molar-refractivity contribution >= 4 is 21.6 Å². The second-order valence-corrected chi connectivity index (χ2v) is 6.07. The summed E-state index contributed by atoms with van der Waals surface area (Å²) in [4.78, 5) is 2.52. The smallest absolute Gasteiger partial charge is 0.0431 e. The summed E-state index contributed by atoms with van der Waals surface area (Å²) in [6, 6.07) is 7.13. The van der Waals surface area contributed by atoms with Gasteiger partial charge in [-0.25, -0.2) is 0 Å². The van der Waals surface area contributed by atoms with Crippen molar-refractivity contribution in [3.8, 4) is 0 Å². The van der Waals surface area contributed by atoms with E-state index < -0.39 is 0 Å². The summed E-state index contributed by atoms with van der Waals surface area (Å²) >= 11 is 3.55. The van der Waals surface area contributed by atoms with E-state index in [4.69, 9.17) is 5.11 Å². The van der Waals surface area contributed by atoms with Gasteiger partial charge in [-0.1, -0.05) is 15.9 Å². The maximum Gasteiger partial charge on any atom is 0.0431 e. The molecule has 0 aromatic heterocycles. The first-order valence-corrected chi connectivity index (χ1v) is 7.86. The minimum Gasteiger partial charge on any atom is -0.396 e. The minimum atomic E-state index is 0.300. The Bertz CT molecular complexity index is 411. The van der Waals surface area contributed by atoms with E-state index >= 15 is 0 Å². The van der Waals surface area contributed by atoms with Crippen molar-refractivity contribution in [1.82, 2.24) is 5.32 Å². The lowest BCUT2D eigenvalue weighted by Crippen LogP contribution is -2.30. The van der Waals surface area contributed by atoms with Gasteiger partial charge in [-0.3, -0.25) is 0 Å². The van der Waals surface area contributed by atoms with Crippen LogP contribution in [0.5, 0.6) is 0 Å². The molecule has 0 aliphatic carbocycles. The van der Waals surface area contributed by atoms with E-state index in [1.54, 1.807) is 0 Å². The van der Waals surface area contributed by atoms with Gasteiger partial charge < -0.3 is 15.3 Å². The number of nitrogens with one attached hydrogen (secondary N) is 1. The Kier molecular flexibility index (Phi) is 5.67. The van der Waals surface area contributed by atoms with E-state index in [0.717, 1.165) is 30.4 Å². The van der Waals surface area contributed by atoms with Crippen LogP contribution in [0.2, 0.25) is 0 Å². The zero-order chi connectivity index (χ0) is 13.7. The molecule has 1 aliphatic heterocycles. The first kappa shape index (κ1) is 14.8. The fourth-order valence-electron chi connectivity index (χ4n) is 2.95. The molecule has 1 saturated heterocycles. The van der Waals surface area contributed by atoms with E-state index in [1.165, 1.54) is 24.1 Å². The van der Waals surface area contributed by atoms with Crippen molar-refractivity contribution in [3.63, 3.8) is 0 Å². The minimum absolute atomic E-state index is 0.300. The van der Waals surface area contributed by atoms with Crippen LogP contribution in [-0.2, 0) is 6.54 Å². The SMILES string of the molecule is CNCc1cc(Br)ccc1N1CCCC1CCCO. The van der Waals surface area contributed by atoms with Crippen LogP contribution in [0.4, 0.5) is 5.69 Å². The van der Waals surface area contributed by atoms with Crippen LogP contribution in [0.3, 0.4) is 0 Å². The number of anilines is 1. The summed E-state index contributed by atoms with van der Waals surface area (Å²) in [5.74, 6) is 0. The highest BCUT2D eigenvalue weighted by atomic mass is 79.9. The summed E-state index contributed by atoms with van der Waals surface area (Å²) in [6.07, 6.45) is 4.49. The molecule has 1 unspecified atom stereocenters. The molecule has 1 aromatic rings. The van der Waals surface area contributed by atoms with Gasteiger partial charge in [0.25, 0.3) is 0 Å². The molecule has 0 spiro atoms. The zero-order valence-electron chi connectivity index (χ0n) is 11.5. The second kappa shape index (κ2) is 7.27. The van der Waals surface area contributed by atoms with Crippen LogP contribution >= 0.6 is 15.9 Å². The largest absolute Gasteiger partial charge is 0.396 e. The Morgan fingerprint density at radius 1 is 1.47 bits per heavy atom. The van der Waals surface area contributed by atoms with Crippen molar-refractivity contribution in [2.75, 3.05) is 25.1 Å². The lowest BCUT2D eigenvalue weighted by molar-refractivity contribution is 0.279. The second-order valence-electron chi connectivity index (χ2n) is 5.16. The van der Waals surface area contributed by atoms with Crippen LogP contribution in [0.25, 0.3) is 0 Å². The van der Waals surface area contributed by atoms with Gasteiger partial charge in [0.2, 0.25) is 0 Å². The molecule has 2 rings (SSSR count). The molecule has 3 nitrogen and oxygen atoms in total. The van der Waals surface area contributed by atoms with Crippen molar-refractivity contribution in [1.29, 1.82) is 0 Å². The monoisotopic (exact) mass is 326 g/mol. The number of benzene rings is 1. The van der Waals surface area contributed by atoms with Crippen LogP contribution in [0, 0.1) is 0 Å². The molecule has 4 heteroatoms. The van der Waals surface area contributed by atoms with Gasteiger partial charge in [0.15, 0.2) is 0 Å². The third kappa shape index (κ3) is 3.71. The zero-order valence-corrected chi connectivity index (χ0v) is 13.1. The lowest BCUT2D eigenvalue weighted by atomic mass is 10.1. The predicted octanol–water partition coefficient (Wildman–Crippen LogP) is 2.91. The number of rotatable bonds is 6.